The second-order valence-corrected chi connectivity index (χ2v) is 8.05. The predicted octanol–water partition coefficient (Wildman–Crippen LogP) is 2.43. The Morgan fingerprint density at radius 3 is 2.45 bits per heavy atom. The average Bonchev–Trinajstić information content (AvgIpc) is 2.41. The molecule has 1 aromatic carbocycles. The maximum Gasteiger partial charge on any atom is 0.306 e. The Bertz CT molecular complexity index is 652. The number of halogens is 1. The molecule has 0 spiro atoms. The first kappa shape index (κ1) is 16.7. The van der Waals surface area contributed by atoms with E-state index < -0.39 is 21.6 Å². The van der Waals surface area contributed by atoms with Gasteiger partial charge in [-0.15, -0.1) is 0 Å². The van der Waals surface area contributed by atoms with Crippen molar-refractivity contribution < 1.29 is 22.7 Å². The molecule has 0 bridgehead atoms. The minimum atomic E-state index is -3.27. The molecule has 1 fully saturated rings. The van der Waals surface area contributed by atoms with Crippen LogP contribution in [-0.4, -0.2) is 31.8 Å². The smallest absolute Gasteiger partial charge is 0.306 e. The fourth-order valence-corrected chi connectivity index (χ4v) is 3.56. The van der Waals surface area contributed by atoms with Crippen LogP contribution >= 0.6 is 0 Å². The van der Waals surface area contributed by atoms with Crippen LogP contribution in [0.4, 0.5) is 10.1 Å². The van der Waals surface area contributed by atoms with Gasteiger partial charge in [-0.1, -0.05) is 6.07 Å². The summed E-state index contributed by atoms with van der Waals surface area (Å²) in [4.78, 5) is 10.9. The summed E-state index contributed by atoms with van der Waals surface area (Å²) in [5.41, 5.74) is 0.746. The highest BCUT2D eigenvalue weighted by Gasteiger charge is 2.25. The molecule has 2 N–H and O–H groups in total. The van der Waals surface area contributed by atoms with Gasteiger partial charge in [0.15, 0.2) is 9.84 Å². The van der Waals surface area contributed by atoms with E-state index in [9.17, 15) is 17.6 Å². The number of aliphatic carboxylic acids is 1. The molecular weight excluding hydrogens is 309 g/mol. The van der Waals surface area contributed by atoms with E-state index in [-0.39, 0.29) is 23.3 Å². The molecule has 0 amide bonds. The number of nitrogens with one attached hydrogen (secondary N) is 1. The summed E-state index contributed by atoms with van der Waals surface area (Å²) >= 11 is 0. The average molecular weight is 329 g/mol. The van der Waals surface area contributed by atoms with Gasteiger partial charge in [-0.2, -0.15) is 0 Å². The Kier molecular flexibility index (Phi) is 5.05. The van der Waals surface area contributed by atoms with E-state index in [4.69, 9.17) is 5.11 Å². The van der Waals surface area contributed by atoms with E-state index in [1.54, 1.807) is 6.07 Å². The highest BCUT2D eigenvalue weighted by Crippen LogP contribution is 2.27. The summed E-state index contributed by atoms with van der Waals surface area (Å²) in [5.74, 6) is -1.90. The Morgan fingerprint density at radius 1 is 1.32 bits per heavy atom. The van der Waals surface area contributed by atoms with E-state index in [2.05, 4.69) is 5.32 Å². The largest absolute Gasteiger partial charge is 0.481 e. The number of rotatable bonds is 5. The zero-order valence-corrected chi connectivity index (χ0v) is 13.2. The second-order valence-electron chi connectivity index (χ2n) is 5.91. The molecule has 122 valence electrons. The Morgan fingerprint density at radius 2 is 1.95 bits per heavy atom. The van der Waals surface area contributed by atoms with E-state index in [0.29, 0.717) is 18.5 Å². The van der Waals surface area contributed by atoms with Crippen molar-refractivity contribution in [1.29, 1.82) is 0 Å². The highest BCUT2D eigenvalue weighted by atomic mass is 32.2. The molecule has 7 heteroatoms. The lowest BCUT2D eigenvalue weighted by Gasteiger charge is -2.27. The van der Waals surface area contributed by atoms with Crippen LogP contribution in [0.2, 0.25) is 0 Å². The van der Waals surface area contributed by atoms with Crippen molar-refractivity contribution in [3.8, 4) is 0 Å². The monoisotopic (exact) mass is 329 g/mol. The molecule has 0 saturated heterocycles. The number of carbonyl (C=O) groups is 1. The molecule has 0 heterocycles. The molecule has 5 nitrogen and oxygen atoms in total. The van der Waals surface area contributed by atoms with Crippen molar-refractivity contribution in [3.63, 3.8) is 0 Å². The molecule has 0 unspecified atom stereocenters. The Balaban J connectivity index is 1.97. The first-order chi connectivity index (χ1) is 10.2. The maximum atomic E-state index is 13.9. The third-order valence-electron chi connectivity index (χ3n) is 3.92. The summed E-state index contributed by atoms with van der Waals surface area (Å²) in [6.07, 6.45) is 3.75. The molecule has 1 aliphatic carbocycles. The van der Waals surface area contributed by atoms with E-state index in [1.165, 1.54) is 12.1 Å². The van der Waals surface area contributed by atoms with Gasteiger partial charge in [0.25, 0.3) is 0 Å². The van der Waals surface area contributed by atoms with Gasteiger partial charge in [0.05, 0.1) is 11.7 Å². The molecule has 0 aliphatic heterocycles. The third kappa shape index (κ3) is 4.69. The van der Waals surface area contributed by atoms with Crippen molar-refractivity contribution >= 4 is 21.5 Å². The van der Waals surface area contributed by atoms with E-state index in [1.807, 2.05) is 0 Å². The molecule has 22 heavy (non-hydrogen) atoms. The van der Waals surface area contributed by atoms with Crippen LogP contribution in [0.3, 0.4) is 0 Å². The van der Waals surface area contributed by atoms with Gasteiger partial charge in [-0.3, -0.25) is 4.79 Å². The standard InChI is InChI=1S/C15H20FNO4S/c1-22(20,21)9-11-4-7-13(8-14(11)16)17-12-5-2-10(3-6-12)15(18)19/h4,7-8,10,12,17H,2-3,5-6,9H2,1H3,(H,18,19). The lowest BCUT2D eigenvalue weighted by Crippen LogP contribution is -2.29. The number of anilines is 1. The van der Waals surface area contributed by atoms with E-state index >= 15 is 0 Å². The number of sulfone groups is 1. The predicted molar refractivity (Wildman–Crippen MR) is 82.0 cm³/mol. The summed E-state index contributed by atoms with van der Waals surface area (Å²) in [6, 6.07) is 4.55. The maximum absolute atomic E-state index is 13.9. The SMILES string of the molecule is CS(=O)(=O)Cc1ccc(NC2CCC(C(=O)O)CC2)cc1F. The van der Waals surface area contributed by atoms with E-state index in [0.717, 1.165) is 19.1 Å². The molecule has 0 radical (unpaired) electrons. The number of hydrogen-bond donors (Lipinski definition) is 2. The summed E-state index contributed by atoms with van der Waals surface area (Å²) < 4.78 is 36.3. The molecule has 2 rings (SSSR count). The van der Waals surface area contributed by atoms with Gasteiger partial charge in [0.1, 0.15) is 5.82 Å². The van der Waals surface area contributed by atoms with Crippen molar-refractivity contribution in [1.82, 2.24) is 0 Å². The topological polar surface area (TPSA) is 83.5 Å². The lowest BCUT2D eigenvalue weighted by molar-refractivity contribution is -0.142. The van der Waals surface area contributed by atoms with Gasteiger partial charge in [0, 0.05) is 23.5 Å². The highest BCUT2D eigenvalue weighted by molar-refractivity contribution is 7.89. The molecule has 1 aromatic rings. The first-order valence-electron chi connectivity index (χ1n) is 7.20. The summed E-state index contributed by atoms with van der Waals surface area (Å²) in [5, 5.41) is 12.1. The Labute approximate surface area is 129 Å². The van der Waals surface area contributed by atoms with Crippen molar-refractivity contribution in [2.45, 2.75) is 37.5 Å². The van der Waals surface area contributed by atoms with Crippen LogP contribution < -0.4 is 5.32 Å². The van der Waals surface area contributed by atoms with Crippen molar-refractivity contribution in [2.24, 2.45) is 5.92 Å². The van der Waals surface area contributed by atoms with Crippen LogP contribution in [0.1, 0.15) is 31.2 Å². The molecular formula is C15H20FNO4S. The minimum Gasteiger partial charge on any atom is -0.481 e. The van der Waals surface area contributed by atoms with Crippen molar-refractivity contribution in [2.75, 3.05) is 11.6 Å². The van der Waals surface area contributed by atoms with Gasteiger partial charge in [-0.25, -0.2) is 12.8 Å². The lowest BCUT2D eigenvalue weighted by atomic mass is 9.86. The number of benzene rings is 1. The molecule has 0 aromatic heterocycles. The van der Waals surface area contributed by atoms with Gasteiger partial charge >= 0.3 is 5.97 Å². The van der Waals surface area contributed by atoms with Gasteiger partial charge < -0.3 is 10.4 Å². The summed E-state index contributed by atoms with van der Waals surface area (Å²) in [6.45, 7) is 0. The Hall–Kier alpha value is -1.63. The fourth-order valence-electron chi connectivity index (χ4n) is 2.76. The zero-order chi connectivity index (χ0) is 16.3. The summed E-state index contributed by atoms with van der Waals surface area (Å²) in [7, 11) is -3.27. The quantitative estimate of drug-likeness (QED) is 0.867. The molecule has 1 aliphatic rings. The number of carboxylic acid groups (broad SMARTS) is 1. The second kappa shape index (κ2) is 6.64. The third-order valence-corrected chi connectivity index (χ3v) is 4.75. The van der Waals surface area contributed by atoms with Gasteiger partial charge in [0.2, 0.25) is 0 Å². The zero-order valence-electron chi connectivity index (χ0n) is 12.4. The van der Waals surface area contributed by atoms with Crippen molar-refractivity contribution in [3.05, 3.63) is 29.6 Å². The normalized spacial score (nSPS) is 22.3. The fraction of sp³-hybridized carbons (Fsp3) is 0.533. The van der Waals surface area contributed by atoms with Crippen LogP contribution in [0, 0.1) is 11.7 Å². The van der Waals surface area contributed by atoms with Crippen LogP contribution in [0.5, 0.6) is 0 Å². The first-order valence-corrected chi connectivity index (χ1v) is 9.26. The molecule has 1 saturated carbocycles. The number of hydrogen-bond acceptors (Lipinski definition) is 4. The van der Waals surface area contributed by atoms with Gasteiger partial charge in [-0.05, 0) is 37.8 Å². The molecule has 0 atom stereocenters. The van der Waals surface area contributed by atoms with Crippen LogP contribution in [-0.2, 0) is 20.4 Å². The minimum absolute atomic E-state index is 0.121. The van der Waals surface area contributed by atoms with Crippen LogP contribution in [0.15, 0.2) is 18.2 Å². The number of carboxylic acids is 1. The van der Waals surface area contributed by atoms with Crippen LogP contribution in [0.25, 0.3) is 0 Å².